The van der Waals surface area contributed by atoms with Crippen LogP contribution in [0.2, 0.25) is 5.02 Å². The Balaban J connectivity index is 1.75. The molecule has 0 radical (unpaired) electrons. The van der Waals surface area contributed by atoms with E-state index in [-0.39, 0.29) is 18.0 Å². The fourth-order valence-corrected chi connectivity index (χ4v) is 3.83. The molecule has 2 aromatic carbocycles. The summed E-state index contributed by atoms with van der Waals surface area (Å²) in [4.78, 5) is 25.4. The van der Waals surface area contributed by atoms with E-state index in [0.717, 1.165) is 23.9 Å². The summed E-state index contributed by atoms with van der Waals surface area (Å²) in [6.07, 6.45) is 2.72. The summed E-state index contributed by atoms with van der Waals surface area (Å²) in [5.74, 6) is 1.06. The van der Waals surface area contributed by atoms with Crippen LogP contribution in [0, 0.1) is 0 Å². The highest BCUT2D eigenvalue weighted by molar-refractivity contribution is 6.31. The lowest BCUT2D eigenvalue weighted by molar-refractivity contribution is -0.121. The summed E-state index contributed by atoms with van der Waals surface area (Å²) < 4.78 is 3.45. The number of fused-ring (bicyclic) bond motifs is 3. The van der Waals surface area contributed by atoms with Gasteiger partial charge in [0.15, 0.2) is 0 Å². The van der Waals surface area contributed by atoms with Crippen molar-refractivity contribution >= 4 is 34.2 Å². The number of carbonyl (C=O) groups is 1. The molecule has 4 aromatic rings. The molecule has 0 aliphatic rings. The van der Waals surface area contributed by atoms with Crippen molar-refractivity contribution in [3.63, 3.8) is 0 Å². The molecule has 7 nitrogen and oxygen atoms in total. The molecule has 0 spiro atoms. The lowest BCUT2D eigenvalue weighted by Gasteiger charge is -2.12. The van der Waals surface area contributed by atoms with Crippen molar-refractivity contribution in [2.24, 2.45) is 0 Å². The number of benzene rings is 2. The van der Waals surface area contributed by atoms with Crippen LogP contribution in [-0.2, 0) is 17.8 Å². The van der Waals surface area contributed by atoms with Crippen LogP contribution in [0.1, 0.15) is 37.6 Å². The number of nitrogens with zero attached hydrogens (tertiary/aromatic N) is 4. The minimum atomic E-state index is -0.153. The van der Waals surface area contributed by atoms with E-state index < -0.39 is 0 Å². The third-order valence-corrected chi connectivity index (χ3v) is 5.66. The van der Waals surface area contributed by atoms with Crippen LogP contribution in [0.3, 0.4) is 0 Å². The van der Waals surface area contributed by atoms with Gasteiger partial charge < -0.3 is 5.32 Å². The Hall–Kier alpha value is -3.19. The summed E-state index contributed by atoms with van der Waals surface area (Å²) in [5, 5.41) is 12.7. The standard InChI is InChI=1S/C23H24ClN5O2/c1-2-3-14-25-21(30)13-12-20-26-27-23-28(15-16-8-4-6-10-18(16)24)22(31)17-9-5-7-11-19(17)29(20)23/h4-11H,2-3,12-15H2,1H3,(H,25,30). The first-order valence-corrected chi connectivity index (χ1v) is 10.8. The number of halogens is 1. The zero-order valence-electron chi connectivity index (χ0n) is 17.3. The molecule has 0 saturated heterocycles. The van der Waals surface area contributed by atoms with Crippen molar-refractivity contribution in [3.05, 3.63) is 75.3 Å². The summed E-state index contributed by atoms with van der Waals surface area (Å²) in [6, 6.07) is 14.8. The van der Waals surface area contributed by atoms with Gasteiger partial charge in [-0.25, -0.2) is 0 Å². The maximum absolute atomic E-state index is 13.3. The topological polar surface area (TPSA) is 81.3 Å². The lowest BCUT2D eigenvalue weighted by atomic mass is 10.2. The molecule has 0 atom stereocenters. The van der Waals surface area contributed by atoms with Gasteiger partial charge in [0.2, 0.25) is 11.7 Å². The number of hydrogen-bond donors (Lipinski definition) is 1. The molecule has 0 bridgehead atoms. The van der Waals surface area contributed by atoms with Gasteiger partial charge in [0, 0.05) is 24.4 Å². The normalized spacial score (nSPS) is 11.3. The van der Waals surface area contributed by atoms with Crippen LogP contribution < -0.4 is 10.9 Å². The summed E-state index contributed by atoms with van der Waals surface area (Å²) in [6.45, 7) is 3.04. The van der Waals surface area contributed by atoms with Gasteiger partial charge in [-0.1, -0.05) is 55.3 Å². The van der Waals surface area contributed by atoms with Crippen LogP contribution in [0.25, 0.3) is 16.7 Å². The fraction of sp³-hybridized carbons (Fsp3) is 0.304. The molecule has 4 rings (SSSR count). The predicted molar refractivity (Wildman–Crippen MR) is 122 cm³/mol. The van der Waals surface area contributed by atoms with Gasteiger partial charge in [0.25, 0.3) is 5.56 Å². The van der Waals surface area contributed by atoms with Gasteiger partial charge in [-0.05, 0) is 30.2 Å². The molecule has 2 heterocycles. The Kier molecular flexibility index (Phi) is 6.32. The van der Waals surface area contributed by atoms with Gasteiger partial charge in [-0.3, -0.25) is 18.6 Å². The Bertz CT molecular complexity index is 1290. The summed E-state index contributed by atoms with van der Waals surface area (Å²) >= 11 is 6.34. The maximum atomic E-state index is 13.3. The SMILES string of the molecule is CCCCNC(=O)CCc1nnc2n(Cc3ccccc3Cl)c(=O)c3ccccc3n12. The molecular formula is C23H24ClN5O2. The molecule has 1 amide bonds. The number of aryl methyl sites for hydroxylation is 1. The first-order chi connectivity index (χ1) is 15.1. The maximum Gasteiger partial charge on any atom is 0.263 e. The van der Waals surface area contributed by atoms with Crippen molar-refractivity contribution in [2.75, 3.05) is 6.54 Å². The first kappa shape index (κ1) is 21.1. The van der Waals surface area contributed by atoms with E-state index >= 15 is 0 Å². The molecule has 0 saturated carbocycles. The van der Waals surface area contributed by atoms with E-state index in [0.29, 0.717) is 41.4 Å². The number of amides is 1. The number of carbonyl (C=O) groups excluding carboxylic acids is 1. The second-order valence-corrected chi connectivity index (χ2v) is 7.86. The average molecular weight is 438 g/mol. The monoisotopic (exact) mass is 437 g/mol. The van der Waals surface area contributed by atoms with Crippen molar-refractivity contribution < 1.29 is 4.79 Å². The predicted octanol–water partition coefficient (Wildman–Crippen LogP) is 3.59. The second-order valence-electron chi connectivity index (χ2n) is 7.46. The Morgan fingerprint density at radius 3 is 2.68 bits per heavy atom. The van der Waals surface area contributed by atoms with Crippen LogP contribution in [-0.4, -0.2) is 31.6 Å². The third-order valence-electron chi connectivity index (χ3n) is 5.29. The molecule has 2 aromatic heterocycles. The van der Waals surface area contributed by atoms with Crippen LogP contribution >= 0.6 is 11.6 Å². The zero-order chi connectivity index (χ0) is 21.8. The van der Waals surface area contributed by atoms with Crippen molar-refractivity contribution in [2.45, 2.75) is 39.2 Å². The molecule has 160 valence electrons. The van der Waals surface area contributed by atoms with Gasteiger partial charge in [-0.2, -0.15) is 0 Å². The van der Waals surface area contributed by atoms with Gasteiger partial charge in [-0.15, -0.1) is 10.2 Å². The van der Waals surface area contributed by atoms with E-state index in [9.17, 15) is 9.59 Å². The highest BCUT2D eigenvalue weighted by atomic mass is 35.5. The molecule has 1 N–H and O–H groups in total. The van der Waals surface area contributed by atoms with Gasteiger partial charge in [0.1, 0.15) is 5.82 Å². The summed E-state index contributed by atoms with van der Waals surface area (Å²) in [7, 11) is 0. The molecule has 0 aliphatic heterocycles. The fourth-order valence-electron chi connectivity index (χ4n) is 3.63. The molecule has 0 fully saturated rings. The van der Waals surface area contributed by atoms with Gasteiger partial charge >= 0.3 is 0 Å². The average Bonchev–Trinajstić information content (AvgIpc) is 3.20. The number of unbranched alkanes of at least 4 members (excludes halogenated alkanes) is 1. The van der Waals surface area contributed by atoms with Crippen molar-refractivity contribution in [3.8, 4) is 0 Å². The highest BCUT2D eigenvalue weighted by Crippen LogP contribution is 2.19. The Labute approximate surface area is 184 Å². The van der Waals surface area contributed by atoms with E-state index in [1.54, 1.807) is 16.7 Å². The van der Waals surface area contributed by atoms with E-state index in [4.69, 9.17) is 11.6 Å². The van der Waals surface area contributed by atoms with Crippen LogP contribution in [0.5, 0.6) is 0 Å². The minimum absolute atomic E-state index is 0.0149. The van der Waals surface area contributed by atoms with Crippen LogP contribution in [0.4, 0.5) is 0 Å². The van der Waals surface area contributed by atoms with E-state index in [1.807, 2.05) is 40.8 Å². The number of rotatable bonds is 8. The molecular weight excluding hydrogens is 414 g/mol. The minimum Gasteiger partial charge on any atom is -0.356 e. The number of para-hydroxylation sites is 1. The molecule has 8 heteroatoms. The third kappa shape index (κ3) is 4.32. The largest absolute Gasteiger partial charge is 0.356 e. The van der Waals surface area contributed by atoms with Crippen molar-refractivity contribution in [1.29, 1.82) is 0 Å². The smallest absolute Gasteiger partial charge is 0.263 e. The number of nitrogens with one attached hydrogen (secondary N) is 1. The molecule has 0 unspecified atom stereocenters. The molecule has 0 aliphatic carbocycles. The highest BCUT2D eigenvalue weighted by Gasteiger charge is 2.17. The quantitative estimate of drug-likeness (QED) is 0.427. The molecule has 31 heavy (non-hydrogen) atoms. The Morgan fingerprint density at radius 1 is 1.10 bits per heavy atom. The zero-order valence-corrected chi connectivity index (χ0v) is 18.1. The second kappa shape index (κ2) is 9.31. The Morgan fingerprint density at radius 2 is 1.87 bits per heavy atom. The summed E-state index contributed by atoms with van der Waals surface area (Å²) in [5.41, 5.74) is 1.40. The van der Waals surface area contributed by atoms with Crippen molar-refractivity contribution in [1.82, 2.24) is 24.5 Å². The number of aromatic nitrogens is 4. The van der Waals surface area contributed by atoms with E-state index in [2.05, 4.69) is 22.4 Å². The van der Waals surface area contributed by atoms with Gasteiger partial charge in [0.05, 0.1) is 17.4 Å². The lowest BCUT2D eigenvalue weighted by Crippen LogP contribution is -2.25. The number of hydrogen-bond acceptors (Lipinski definition) is 4. The first-order valence-electron chi connectivity index (χ1n) is 10.5. The van der Waals surface area contributed by atoms with Crippen LogP contribution in [0.15, 0.2) is 53.3 Å². The van der Waals surface area contributed by atoms with E-state index in [1.165, 1.54) is 0 Å².